The Morgan fingerprint density at radius 3 is 2.19 bits per heavy atom. The Morgan fingerprint density at radius 1 is 0.524 bits per heavy atom. The lowest BCUT2D eigenvalue weighted by Crippen LogP contribution is -1.82. The van der Waals surface area contributed by atoms with Crippen molar-refractivity contribution in [2.45, 2.75) is 0 Å². The lowest BCUT2D eigenvalue weighted by Gasteiger charge is -2.07. The van der Waals surface area contributed by atoms with Gasteiger partial charge in [0.1, 0.15) is 0 Å². The zero-order chi connectivity index (χ0) is 14.2. The van der Waals surface area contributed by atoms with Crippen molar-refractivity contribution in [3.63, 3.8) is 0 Å². The van der Waals surface area contributed by atoms with Crippen molar-refractivity contribution in [2.75, 3.05) is 0 Å². The van der Waals surface area contributed by atoms with Crippen LogP contribution in [-0.4, -0.2) is 0 Å². The quantitative estimate of drug-likeness (QED) is 0.270. The molecule has 4 aromatic carbocycles. The standard InChI is InChI=1S/C20H13I/c21-18-6-3-5-15(13-18)16-10-11-20-17(12-16)9-8-14-4-1-2-7-19(14)20/h1-13H. The molecule has 0 aliphatic carbocycles. The van der Waals surface area contributed by atoms with Gasteiger partial charge in [-0.25, -0.2) is 0 Å². The molecular formula is C20H13I. The van der Waals surface area contributed by atoms with Crippen molar-refractivity contribution in [3.05, 3.63) is 82.4 Å². The Labute approximate surface area is 137 Å². The molecule has 0 unspecified atom stereocenters. The molecule has 0 bridgehead atoms. The fourth-order valence-electron chi connectivity index (χ4n) is 2.86. The van der Waals surface area contributed by atoms with Gasteiger partial charge in [-0.2, -0.15) is 0 Å². The van der Waals surface area contributed by atoms with Crippen LogP contribution in [0.15, 0.2) is 78.9 Å². The summed E-state index contributed by atoms with van der Waals surface area (Å²) in [6, 6.07) is 28.4. The average Bonchev–Trinajstić information content (AvgIpc) is 2.54. The molecule has 0 saturated carbocycles. The second kappa shape index (κ2) is 5.15. The van der Waals surface area contributed by atoms with Gasteiger partial charge in [-0.3, -0.25) is 0 Å². The molecule has 0 fully saturated rings. The van der Waals surface area contributed by atoms with Crippen LogP contribution in [0.5, 0.6) is 0 Å². The normalized spacial score (nSPS) is 11.1. The molecule has 0 nitrogen and oxygen atoms in total. The van der Waals surface area contributed by atoms with E-state index in [4.69, 9.17) is 0 Å². The predicted octanol–water partition coefficient (Wildman–Crippen LogP) is 6.26. The molecule has 100 valence electrons. The van der Waals surface area contributed by atoms with Crippen molar-refractivity contribution in [1.82, 2.24) is 0 Å². The van der Waals surface area contributed by atoms with E-state index in [0.717, 1.165) is 0 Å². The third-order valence-electron chi connectivity index (χ3n) is 3.90. The summed E-state index contributed by atoms with van der Waals surface area (Å²) in [5.41, 5.74) is 2.55. The van der Waals surface area contributed by atoms with Crippen LogP contribution in [0.3, 0.4) is 0 Å². The summed E-state index contributed by atoms with van der Waals surface area (Å²) in [5.74, 6) is 0. The Kier molecular flexibility index (Phi) is 3.15. The minimum absolute atomic E-state index is 1.27. The summed E-state index contributed by atoms with van der Waals surface area (Å²) in [6.45, 7) is 0. The zero-order valence-electron chi connectivity index (χ0n) is 11.4. The highest BCUT2D eigenvalue weighted by Crippen LogP contribution is 2.30. The Hall–Kier alpha value is -1.87. The smallest absolute Gasteiger partial charge is 0.0136 e. The first-order valence-electron chi connectivity index (χ1n) is 6.99. The third-order valence-corrected chi connectivity index (χ3v) is 4.57. The van der Waals surface area contributed by atoms with Crippen molar-refractivity contribution in [3.8, 4) is 11.1 Å². The number of halogens is 1. The molecule has 0 atom stereocenters. The molecule has 0 N–H and O–H groups in total. The topological polar surface area (TPSA) is 0 Å². The van der Waals surface area contributed by atoms with Gasteiger partial charge in [0.25, 0.3) is 0 Å². The van der Waals surface area contributed by atoms with E-state index < -0.39 is 0 Å². The van der Waals surface area contributed by atoms with Crippen LogP contribution in [-0.2, 0) is 0 Å². The Morgan fingerprint density at radius 2 is 1.29 bits per heavy atom. The van der Waals surface area contributed by atoms with Crippen LogP contribution in [0.2, 0.25) is 0 Å². The molecule has 4 rings (SSSR count). The van der Waals surface area contributed by atoms with Crippen molar-refractivity contribution < 1.29 is 0 Å². The molecule has 0 saturated heterocycles. The number of benzene rings is 4. The molecule has 0 heterocycles. The summed E-state index contributed by atoms with van der Waals surface area (Å²) >= 11 is 2.36. The van der Waals surface area contributed by atoms with Crippen LogP contribution in [0.1, 0.15) is 0 Å². The van der Waals surface area contributed by atoms with E-state index in [0.29, 0.717) is 0 Å². The van der Waals surface area contributed by atoms with E-state index in [-0.39, 0.29) is 0 Å². The largest absolute Gasteiger partial charge is 0.0616 e. The minimum Gasteiger partial charge on any atom is -0.0616 e. The number of fused-ring (bicyclic) bond motifs is 3. The highest BCUT2D eigenvalue weighted by molar-refractivity contribution is 14.1. The molecule has 0 aliphatic rings. The fourth-order valence-corrected chi connectivity index (χ4v) is 3.40. The minimum atomic E-state index is 1.27. The summed E-state index contributed by atoms with van der Waals surface area (Å²) in [7, 11) is 0. The maximum absolute atomic E-state index is 2.36. The average molecular weight is 380 g/mol. The number of hydrogen-bond donors (Lipinski definition) is 0. The van der Waals surface area contributed by atoms with Crippen molar-refractivity contribution in [2.24, 2.45) is 0 Å². The molecule has 4 aromatic rings. The van der Waals surface area contributed by atoms with Gasteiger partial charge < -0.3 is 0 Å². The van der Waals surface area contributed by atoms with Crippen molar-refractivity contribution in [1.29, 1.82) is 0 Å². The SMILES string of the molecule is Ic1cccc(-c2ccc3c(ccc4ccccc43)c2)c1. The maximum Gasteiger partial charge on any atom is 0.0136 e. The molecule has 0 aliphatic heterocycles. The van der Waals surface area contributed by atoms with Gasteiger partial charge in [-0.15, -0.1) is 0 Å². The van der Waals surface area contributed by atoms with E-state index in [2.05, 4.69) is 101 Å². The monoisotopic (exact) mass is 380 g/mol. The van der Waals surface area contributed by atoms with Gasteiger partial charge in [0.2, 0.25) is 0 Å². The molecule has 0 aromatic heterocycles. The van der Waals surface area contributed by atoms with E-state index >= 15 is 0 Å². The van der Waals surface area contributed by atoms with Gasteiger partial charge >= 0.3 is 0 Å². The summed E-state index contributed by atoms with van der Waals surface area (Å²) in [4.78, 5) is 0. The first-order valence-corrected chi connectivity index (χ1v) is 8.07. The van der Waals surface area contributed by atoms with Crippen LogP contribution in [0.25, 0.3) is 32.7 Å². The van der Waals surface area contributed by atoms with Gasteiger partial charge in [0.15, 0.2) is 0 Å². The van der Waals surface area contributed by atoms with Crippen LogP contribution >= 0.6 is 22.6 Å². The lowest BCUT2D eigenvalue weighted by molar-refractivity contribution is 1.61. The summed E-state index contributed by atoms with van der Waals surface area (Å²) in [6.07, 6.45) is 0. The highest BCUT2D eigenvalue weighted by atomic mass is 127. The van der Waals surface area contributed by atoms with Crippen LogP contribution in [0.4, 0.5) is 0 Å². The van der Waals surface area contributed by atoms with Gasteiger partial charge in [0.05, 0.1) is 0 Å². The molecule has 0 spiro atoms. The summed E-state index contributed by atoms with van der Waals surface area (Å²) in [5, 5.41) is 5.24. The van der Waals surface area contributed by atoms with Crippen molar-refractivity contribution >= 4 is 44.1 Å². The van der Waals surface area contributed by atoms with Crippen LogP contribution in [0, 0.1) is 3.57 Å². The first kappa shape index (κ1) is 12.8. The number of hydrogen-bond acceptors (Lipinski definition) is 0. The van der Waals surface area contributed by atoms with E-state index in [1.165, 1.54) is 36.2 Å². The van der Waals surface area contributed by atoms with Crippen LogP contribution < -0.4 is 0 Å². The molecular weight excluding hydrogens is 367 g/mol. The van der Waals surface area contributed by atoms with Gasteiger partial charge in [0, 0.05) is 3.57 Å². The second-order valence-electron chi connectivity index (χ2n) is 5.23. The Balaban J connectivity index is 1.97. The molecule has 0 amide bonds. The maximum atomic E-state index is 2.36. The molecule has 0 radical (unpaired) electrons. The molecule has 21 heavy (non-hydrogen) atoms. The fraction of sp³-hybridized carbons (Fsp3) is 0. The molecule has 1 heteroatoms. The third kappa shape index (κ3) is 2.32. The number of rotatable bonds is 1. The second-order valence-corrected chi connectivity index (χ2v) is 6.48. The Bertz CT molecular complexity index is 954. The van der Waals surface area contributed by atoms with E-state index in [1.807, 2.05) is 0 Å². The highest BCUT2D eigenvalue weighted by Gasteiger charge is 2.03. The lowest BCUT2D eigenvalue weighted by atomic mass is 9.97. The van der Waals surface area contributed by atoms with E-state index in [9.17, 15) is 0 Å². The van der Waals surface area contributed by atoms with Gasteiger partial charge in [-0.1, -0.05) is 60.7 Å². The first-order chi connectivity index (χ1) is 10.3. The predicted molar refractivity (Wildman–Crippen MR) is 99.6 cm³/mol. The zero-order valence-corrected chi connectivity index (χ0v) is 13.5. The van der Waals surface area contributed by atoms with Gasteiger partial charge in [-0.05, 0) is 73.5 Å². The summed E-state index contributed by atoms with van der Waals surface area (Å²) < 4.78 is 1.27. The van der Waals surface area contributed by atoms with E-state index in [1.54, 1.807) is 0 Å².